The maximum atomic E-state index is 3.94. The Morgan fingerprint density at radius 2 is 2.10 bits per heavy atom. The van der Waals surface area contributed by atoms with E-state index in [-0.39, 0.29) is 0 Å². The number of hydrogen-bond acceptors (Lipinski definition) is 0. The van der Waals surface area contributed by atoms with Crippen LogP contribution in [0.2, 0.25) is 0 Å². The average molecular weight is 139 g/mol. The zero-order valence-corrected chi connectivity index (χ0v) is 7.27. The maximum absolute atomic E-state index is 3.94. The van der Waals surface area contributed by atoms with Gasteiger partial charge in [0.25, 0.3) is 0 Å². The van der Waals surface area contributed by atoms with Crippen molar-refractivity contribution in [1.29, 1.82) is 0 Å². The van der Waals surface area contributed by atoms with Crippen molar-refractivity contribution in [3.63, 3.8) is 0 Å². The van der Waals surface area contributed by atoms with Gasteiger partial charge in [0.1, 0.15) is 0 Å². The quantitative estimate of drug-likeness (QED) is 0.403. The standard InChI is InChI=1S/C10H19/c1-4-5-6-7-8-9-10(2)3/h4-5,10H,2,6-9H2,1,3H3. The molecule has 0 amide bonds. The first kappa shape index (κ1) is 9.74. The number of allylic oxidation sites excluding steroid dienone is 2. The summed E-state index contributed by atoms with van der Waals surface area (Å²) in [5.41, 5.74) is 0. The van der Waals surface area contributed by atoms with Gasteiger partial charge in [0.2, 0.25) is 0 Å². The molecule has 0 saturated heterocycles. The van der Waals surface area contributed by atoms with E-state index in [0.717, 1.165) is 0 Å². The minimum Gasteiger partial charge on any atom is -0.0917 e. The molecule has 1 radical (unpaired) electrons. The van der Waals surface area contributed by atoms with Crippen molar-refractivity contribution in [3.8, 4) is 0 Å². The number of unbranched alkanes of at least 4 members (excludes halogenated alkanes) is 2. The van der Waals surface area contributed by atoms with Crippen molar-refractivity contribution in [2.45, 2.75) is 39.5 Å². The lowest BCUT2D eigenvalue weighted by Gasteiger charge is -2.01. The average Bonchev–Trinajstić information content (AvgIpc) is 1.87. The van der Waals surface area contributed by atoms with E-state index in [9.17, 15) is 0 Å². The van der Waals surface area contributed by atoms with Gasteiger partial charge in [-0.25, -0.2) is 0 Å². The van der Waals surface area contributed by atoms with Crippen LogP contribution in [0.4, 0.5) is 0 Å². The predicted octanol–water partition coefficient (Wildman–Crippen LogP) is 3.59. The van der Waals surface area contributed by atoms with E-state index in [1.165, 1.54) is 25.7 Å². The summed E-state index contributed by atoms with van der Waals surface area (Å²) in [5.74, 6) is 0.630. The normalized spacial score (nSPS) is 11.6. The molecule has 0 aliphatic rings. The van der Waals surface area contributed by atoms with Crippen LogP contribution in [0, 0.1) is 12.8 Å². The van der Waals surface area contributed by atoms with Crippen LogP contribution in [0.15, 0.2) is 12.2 Å². The highest BCUT2D eigenvalue weighted by Gasteiger charge is 1.91. The van der Waals surface area contributed by atoms with E-state index < -0.39 is 0 Å². The highest BCUT2D eigenvalue weighted by Crippen LogP contribution is 2.07. The molecule has 0 saturated carbocycles. The van der Waals surface area contributed by atoms with Crippen molar-refractivity contribution in [2.75, 3.05) is 0 Å². The lowest BCUT2D eigenvalue weighted by atomic mass is 10.1. The van der Waals surface area contributed by atoms with Crippen molar-refractivity contribution in [2.24, 2.45) is 5.92 Å². The topological polar surface area (TPSA) is 0 Å². The van der Waals surface area contributed by atoms with E-state index in [1.807, 2.05) is 0 Å². The third-order valence-corrected chi connectivity index (χ3v) is 1.55. The van der Waals surface area contributed by atoms with Crippen LogP contribution in [-0.2, 0) is 0 Å². The lowest BCUT2D eigenvalue weighted by molar-refractivity contribution is 0.582. The van der Waals surface area contributed by atoms with Crippen molar-refractivity contribution < 1.29 is 0 Å². The summed E-state index contributed by atoms with van der Waals surface area (Å²) in [6, 6.07) is 0. The second-order valence-corrected chi connectivity index (χ2v) is 2.96. The third-order valence-electron chi connectivity index (χ3n) is 1.55. The van der Waals surface area contributed by atoms with E-state index in [2.05, 4.69) is 32.9 Å². The van der Waals surface area contributed by atoms with Gasteiger partial charge >= 0.3 is 0 Å². The van der Waals surface area contributed by atoms with Crippen LogP contribution < -0.4 is 0 Å². The Hall–Kier alpha value is -0.260. The molecule has 0 heteroatoms. The molecule has 0 aliphatic heterocycles. The largest absolute Gasteiger partial charge is 0.0917 e. The van der Waals surface area contributed by atoms with Gasteiger partial charge in [0, 0.05) is 0 Å². The molecule has 0 aromatic heterocycles. The van der Waals surface area contributed by atoms with Crippen molar-refractivity contribution in [1.82, 2.24) is 0 Å². The van der Waals surface area contributed by atoms with E-state index in [0.29, 0.717) is 5.92 Å². The molecule has 0 rings (SSSR count). The summed E-state index contributed by atoms with van der Waals surface area (Å²) in [6.45, 7) is 8.19. The fourth-order valence-corrected chi connectivity index (χ4v) is 0.922. The molecular weight excluding hydrogens is 120 g/mol. The minimum atomic E-state index is 0.630. The summed E-state index contributed by atoms with van der Waals surface area (Å²) >= 11 is 0. The number of rotatable bonds is 5. The molecule has 10 heavy (non-hydrogen) atoms. The number of hydrogen-bond donors (Lipinski definition) is 0. The highest BCUT2D eigenvalue weighted by molar-refractivity contribution is 4.76. The summed E-state index contributed by atoms with van der Waals surface area (Å²) in [6.07, 6.45) is 9.52. The van der Waals surface area contributed by atoms with Crippen LogP contribution in [0.25, 0.3) is 0 Å². The fourth-order valence-electron chi connectivity index (χ4n) is 0.922. The second-order valence-electron chi connectivity index (χ2n) is 2.96. The predicted molar refractivity (Wildman–Crippen MR) is 47.8 cm³/mol. The Morgan fingerprint density at radius 3 is 2.60 bits per heavy atom. The fraction of sp³-hybridized carbons (Fsp3) is 0.700. The minimum absolute atomic E-state index is 0.630. The molecule has 0 spiro atoms. The molecule has 0 nitrogen and oxygen atoms in total. The van der Waals surface area contributed by atoms with Crippen LogP contribution in [0.3, 0.4) is 0 Å². The highest BCUT2D eigenvalue weighted by atomic mass is 14.0. The van der Waals surface area contributed by atoms with Gasteiger partial charge in [-0.15, -0.1) is 0 Å². The molecule has 1 unspecified atom stereocenters. The Bertz CT molecular complexity index is 80.0. The summed E-state index contributed by atoms with van der Waals surface area (Å²) in [5, 5.41) is 0. The van der Waals surface area contributed by atoms with Crippen molar-refractivity contribution in [3.05, 3.63) is 19.1 Å². The van der Waals surface area contributed by atoms with Gasteiger partial charge in [-0.05, 0) is 25.7 Å². The molecule has 0 aromatic rings. The first-order chi connectivity index (χ1) is 4.77. The van der Waals surface area contributed by atoms with Gasteiger partial charge in [0.05, 0.1) is 0 Å². The smallest absolute Gasteiger partial charge is 0.0351 e. The Labute approximate surface area is 65.3 Å². The molecular formula is C10H19. The van der Waals surface area contributed by atoms with Crippen LogP contribution in [-0.4, -0.2) is 0 Å². The molecule has 0 heterocycles. The van der Waals surface area contributed by atoms with E-state index >= 15 is 0 Å². The SMILES string of the molecule is [CH2]C(C)CCCCC=CC. The monoisotopic (exact) mass is 139 g/mol. The molecule has 1 atom stereocenters. The molecule has 0 aliphatic carbocycles. The third kappa shape index (κ3) is 7.74. The first-order valence-electron chi connectivity index (χ1n) is 4.21. The van der Waals surface area contributed by atoms with Gasteiger partial charge in [-0.3, -0.25) is 0 Å². The zero-order chi connectivity index (χ0) is 7.82. The molecule has 0 aromatic carbocycles. The summed E-state index contributed by atoms with van der Waals surface area (Å²) in [7, 11) is 0. The zero-order valence-electron chi connectivity index (χ0n) is 7.27. The Morgan fingerprint density at radius 1 is 1.40 bits per heavy atom. The van der Waals surface area contributed by atoms with Gasteiger partial charge in [0.15, 0.2) is 0 Å². The van der Waals surface area contributed by atoms with Crippen LogP contribution >= 0.6 is 0 Å². The molecule has 59 valence electrons. The summed E-state index contributed by atoms with van der Waals surface area (Å²) in [4.78, 5) is 0. The molecule has 0 N–H and O–H groups in total. The Kier molecular flexibility index (Phi) is 6.68. The van der Waals surface area contributed by atoms with Gasteiger partial charge < -0.3 is 0 Å². The second kappa shape index (κ2) is 6.85. The summed E-state index contributed by atoms with van der Waals surface area (Å²) < 4.78 is 0. The molecule has 0 fully saturated rings. The lowest BCUT2D eigenvalue weighted by Crippen LogP contribution is -1.86. The first-order valence-corrected chi connectivity index (χ1v) is 4.21. The Balaban J connectivity index is 2.91. The van der Waals surface area contributed by atoms with Gasteiger partial charge in [-0.1, -0.05) is 38.8 Å². The van der Waals surface area contributed by atoms with Crippen LogP contribution in [0.1, 0.15) is 39.5 Å². The van der Waals surface area contributed by atoms with E-state index in [1.54, 1.807) is 0 Å². The van der Waals surface area contributed by atoms with Crippen LogP contribution in [0.5, 0.6) is 0 Å². The van der Waals surface area contributed by atoms with E-state index in [4.69, 9.17) is 0 Å². The maximum Gasteiger partial charge on any atom is -0.0351 e. The molecule has 0 bridgehead atoms. The van der Waals surface area contributed by atoms with Gasteiger partial charge in [-0.2, -0.15) is 0 Å². The van der Waals surface area contributed by atoms with Crippen molar-refractivity contribution >= 4 is 0 Å².